The lowest BCUT2D eigenvalue weighted by Gasteiger charge is -2.31. The average molecular weight is 369 g/mol. The van der Waals surface area contributed by atoms with Gasteiger partial charge < -0.3 is 14.5 Å². The van der Waals surface area contributed by atoms with Crippen molar-refractivity contribution in [2.24, 2.45) is 0 Å². The standard InChI is InChI=1S/C18H23N7S/c1-5-23(11-16-9-15(12-26-16)24-7-3-20-13-24)6-2-14(1)18-22-21-17-10-19-4-8-25(17)18/h3,7,9,12-14,19H,1-2,4-6,8,10-11H2. The summed E-state index contributed by atoms with van der Waals surface area (Å²) in [5.41, 5.74) is 1.21. The molecule has 0 saturated carbocycles. The third-order valence-electron chi connectivity index (χ3n) is 5.43. The molecule has 8 heteroatoms. The summed E-state index contributed by atoms with van der Waals surface area (Å²) >= 11 is 1.83. The van der Waals surface area contributed by atoms with E-state index in [0.717, 1.165) is 45.1 Å². The molecule has 2 aliphatic rings. The zero-order chi connectivity index (χ0) is 17.3. The van der Waals surface area contributed by atoms with Gasteiger partial charge in [-0.25, -0.2) is 4.98 Å². The van der Waals surface area contributed by atoms with Crippen LogP contribution in [0.4, 0.5) is 0 Å². The van der Waals surface area contributed by atoms with E-state index in [0.29, 0.717) is 5.92 Å². The number of nitrogens with one attached hydrogen (secondary N) is 1. The van der Waals surface area contributed by atoms with E-state index < -0.39 is 0 Å². The molecule has 7 nitrogen and oxygen atoms in total. The third kappa shape index (κ3) is 3.08. The number of rotatable bonds is 4. The predicted octanol–water partition coefficient (Wildman–Crippen LogP) is 2.01. The fourth-order valence-electron chi connectivity index (χ4n) is 3.99. The van der Waals surface area contributed by atoms with Crippen LogP contribution in [0.15, 0.2) is 30.2 Å². The summed E-state index contributed by atoms with van der Waals surface area (Å²) in [5.74, 6) is 2.86. The Bertz CT molecular complexity index is 858. The minimum atomic E-state index is 0.551. The lowest BCUT2D eigenvalue weighted by atomic mass is 9.95. The number of thiophene rings is 1. The van der Waals surface area contributed by atoms with Crippen LogP contribution in [0, 0.1) is 0 Å². The molecular formula is C18H23N7S. The molecule has 136 valence electrons. The van der Waals surface area contributed by atoms with Crippen LogP contribution in [0.2, 0.25) is 0 Å². The van der Waals surface area contributed by atoms with Gasteiger partial charge in [0, 0.05) is 48.2 Å². The van der Waals surface area contributed by atoms with Gasteiger partial charge in [-0.15, -0.1) is 21.5 Å². The SMILES string of the molecule is c1cn(-c2csc(CN3CCC(c4nnc5n4CCNC5)CC3)c2)cn1. The molecule has 3 aromatic heterocycles. The van der Waals surface area contributed by atoms with Crippen LogP contribution in [-0.2, 0) is 19.6 Å². The first-order chi connectivity index (χ1) is 12.9. The van der Waals surface area contributed by atoms with Crippen LogP contribution in [-0.4, -0.2) is 48.8 Å². The van der Waals surface area contributed by atoms with E-state index in [4.69, 9.17) is 0 Å². The second-order valence-corrected chi connectivity index (χ2v) is 8.09. The first-order valence-corrected chi connectivity index (χ1v) is 10.2. The van der Waals surface area contributed by atoms with Crippen molar-refractivity contribution in [3.8, 4) is 5.69 Å². The number of hydrogen-bond acceptors (Lipinski definition) is 6. The summed E-state index contributed by atoms with van der Waals surface area (Å²) in [6, 6.07) is 2.28. The zero-order valence-corrected chi connectivity index (χ0v) is 15.5. The topological polar surface area (TPSA) is 63.8 Å². The minimum absolute atomic E-state index is 0.551. The Morgan fingerprint density at radius 1 is 1.19 bits per heavy atom. The Balaban J connectivity index is 1.20. The Kier molecular flexibility index (Phi) is 4.32. The monoisotopic (exact) mass is 369 g/mol. The average Bonchev–Trinajstić information content (AvgIpc) is 3.43. The smallest absolute Gasteiger partial charge is 0.147 e. The summed E-state index contributed by atoms with van der Waals surface area (Å²) < 4.78 is 4.41. The van der Waals surface area contributed by atoms with Crippen molar-refractivity contribution in [2.45, 2.75) is 38.4 Å². The van der Waals surface area contributed by atoms with Gasteiger partial charge in [-0.2, -0.15) is 0 Å². The molecule has 0 aliphatic carbocycles. The molecule has 0 spiro atoms. The van der Waals surface area contributed by atoms with Crippen molar-refractivity contribution < 1.29 is 0 Å². The van der Waals surface area contributed by atoms with E-state index >= 15 is 0 Å². The molecule has 0 bridgehead atoms. The summed E-state index contributed by atoms with van der Waals surface area (Å²) in [4.78, 5) is 8.11. The van der Waals surface area contributed by atoms with Crippen molar-refractivity contribution in [3.05, 3.63) is 46.7 Å². The van der Waals surface area contributed by atoms with Crippen molar-refractivity contribution in [1.82, 2.24) is 34.5 Å². The maximum Gasteiger partial charge on any atom is 0.147 e. The molecule has 0 amide bonds. The van der Waals surface area contributed by atoms with Crippen molar-refractivity contribution in [1.29, 1.82) is 0 Å². The largest absolute Gasteiger partial charge is 0.312 e. The number of likely N-dealkylation sites (tertiary alicyclic amines) is 1. The van der Waals surface area contributed by atoms with Gasteiger partial charge in [0.15, 0.2) is 0 Å². The predicted molar refractivity (Wildman–Crippen MR) is 100 cm³/mol. The lowest BCUT2D eigenvalue weighted by Crippen LogP contribution is -2.34. The van der Waals surface area contributed by atoms with E-state index in [1.807, 2.05) is 30.1 Å². The van der Waals surface area contributed by atoms with Gasteiger partial charge in [-0.05, 0) is 32.0 Å². The Labute approximate surface area is 156 Å². The molecule has 0 unspecified atom stereocenters. The number of hydrogen-bond donors (Lipinski definition) is 1. The summed E-state index contributed by atoms with van der Waals surface area (Å²) in [7, 11) is 0. The Morgan fingerprint density at radius 3 is 2.96 bits per heavy atom. The fourth-order valence-corrected chi connectivity index (χ4v) is 4.89. The number of nitrogens with zero attached hydrogens (tertiary/aromatic N) is 6. The van der Waals surface area contributed by atoms with Gasteiger partial charge in [0.1, 0.15) is 11.6 Å². The number of imidazole rings is 1. The first-order valence-electron chi connectivity index (χ1n) is 9.27. The van der Waals surface area contributed by atoms with Crippen molar-refractivity contribution >= 4 is 11.3 Å². The fraction of sp³-hybridized carbons (Fsp3) is 0.500. The van der Waals surface area contributed by atoms with Crippen LogP contribution in [0.3, 0.4) is 0 Å². The molecule has 26 heavy (non-hydrogen) atoms. The summed E-state index contributed by atoms with van der Waals surface area (Å²) in [6.07, 6.45) is 8.01. The molecule has 3 aromatic rings. The van der Waals surface area contributed by atoms with Crippen LogP contribution in [0.25, 0.3) is 5.69 Å². The van der Waals surface area contributed by atoms with E-state index in [1.165, 1.54) is 29.2 Å². The molecule has 5 heterocycles. The summed E-state index contributed by atoms with van der Waals surface area (Å²) in [6.45, 7) is 6.17. The Hall–Kier alpha value is -2.03. The maximum atomic E-state index is 4.51. The number of aromatic nitrogens is 5. The summed E-state index contributed by atoms with van der Waals surface area (Å²) in [5, 5.41) is 14.5. The number of fused-ring (bicyclic) bond motifs is 1. The van der Waals surface area contributed by atoms with Gasteiger partial charge in [-0.3, -0.25) is 4.90 Å². The molecule has 1 N–H and O–H groups in total. The molecule has 0 radical (unpaired) electrons. The molecule has 2 aliphatic heterocycles. The highest BCUT2D eigenvalue weighted by atomic mass is 32.1. The third-order valence-corrected chi connectivity index (χ3v) is 6.33. The first kappa shape index (κ1) is 16.2. The zero-order valence-electron chi connectivity index (χ0n) is 14.7. The van der Waals surface area contributed by atoms with Gasteiger partial charge in [0.2, 0.25) is 0 Å². The van der Waals surface area contributed by atoms with Crippen molar-refractivity contribution in [2.75, 3.05) is 19.6 Å². The van der Waals surface area contributed by atoms with Crippen LogP contribution < -0.4 is 5.32 Å². The lowest BCUT2D eigenvalue weighted by molar-refractivity contribution is 0.201. The molecule has 1 fully saturated rings. The second-order valence-electron chi connectivity index (χ2n) is 7.09. The molecule has 5 rings (SSSR count). The quantitative estimate of drug-likeness (QED) is 0.762. The van der Waals surface area contributed by atoms with E-state index in [-0.39, 0.29) is 0 Å². The van der Waals surface area contributed by atoms with Crippen LogP contribution in [0.1, 0.15) is 35.3 Å². The maximum absolute atomic E-state index is 4.51. The van der Waals surface area contributed by atoms with Gasteiger partial charge in [0.05, 0.1) is 18.6 Å². The molecule has 1 saturated heterocycles. The highest BCUT2D eigenvalue weighted by Gasteiger charge is 2.27. The molecule has 0 aromatic carbocycles. The van der Waals surface area contributed by atoms with E-state index in [2.05, 4.69) is 46.0 Å². The minimum Gasteiger partial charge on any atom is -0.312 e. The highest BCUT2D eigenvalue weighted by molar-refractivity contribution is 7.10. The number of piperidine rings is 1. The molecule has 0 atom stereocenters. The second kappa shape index (κ2) is 6.94. The molecular weight excluding hydrogens is 346 g/mol. The van der Waals surface area contributed by atoms with Crippen LogP contribution in [0.5, 0.6) is 0 Å². The van der Waals surface area contributed by atoms with E-state index in [1.54, 1.807) is 0 Å². The van der Waals surface area contributed by atoms with Crippen molar-refractivity contribution in [3.63, 3.8) is 0 Å². The van der Waals surface area contributed by atoms with Gasteiger partial charge in [0.25, 0.3) is 0 Å². The van der Waals surface area contributed by atoms with Gasteiger partial charge in [-0.1, -0.05) is 0 Å². The van der Waals surface area contributed by atoms with Crippen LogP contribution >= 0.6 is 11.3 Å². The highest BCUT2D eigenvalue weighted by Crippen LogP contribution is 2.29. The van der Waals surface area contributed by atoms with Gasteiger partial charge >= 0.3 is 0 Å². The normalized spacial score (nSPS) is 18.9. The Morgan fingerprint density at radius 2 is 2.12 bits per heavy atom. The van der Waals surface area contributed by atoms with E-state index in [9.17, 15) is 0 Å².